The number of rotatable bonds is 1. The maximum absolute atomic E-state index is 13.5. The molecular formula is C13H16FNO4S. The van der Waals surface area contributed by atoms with Crippen LogP contribution in [0.3, 0.4) is 0 Å². The lowest BCUT2D eigenvalue weighted by Crippen LogP contribution is -2.50. The molecule has 0 aromatic heterocycles. The first kappa shape index (κ1) is 13.8. The van der Waals surface area contributed by atoms with E-state index in [1.54, 1.807) is 18.2 Å². The number of hydrogen-bond acceptors (Lipinski definition) is 4. The fourth-order valence-corrected chi connectivity index (χ4v) is 3.41. The molecule has 3 rings (SSSR count). The maximum Gasteiger partial charge on any atom is 0.375 e. The third kappa shape index (κ3) is 2.65. The molecule has 0 bridgehead atoms. The van der Waals surface area contributed by atoms with Gasteiger partial charge in [0, 0.05) is 24.9 Å². The van der Waals surface area contributed by atoms with E-state index in [1.165, 1.54) is 0 Å². The summed E-state index contributed by atoms with van der Waals surface area (Å²) in [5.41, 5.74) is -0.0265. The van der Waals surface area contributed by atoms with Crippen molar-refractivity contribution in [3.63, 3.8) is 0 Å². The van der Waals surface area contributed by atoms with Crippen LogP contribution < -0.4 is 4.74 Å². The number of benzene rings is 1. The summed E-state index contributed by atoms with van der Waals surface area (Å²) in [5.74, 6) is 0.626. The molecule has 0 saturated carbocycles. The number of para-hydroxylation sites is 1. The highest BCUT2D eigenvalue weighted by Gasteiger charge is 2.42. The van der Waals surface area contributed by atoms with Crippen LogP contribution >= 0.6 is 0 Å². The largest absolute Gasteiger partial charge is 0.485 e. The molecule has 1 aromatic carbocycles. The molecule has 0 atom stereocenters. The second-order valence-corrected chi connectivity index (χ2v) is 6.56. The highest BCUT2D eigenvalue weighted by atomic mass is 32.3. The molecule has 1 aromatic rings. The summed E-state index contributed by atoms with van der Waals surface area (Å²) in [6.45, 7) is 0.992. The zero-order valence-electron chi connectivity index (χ0n) is 10.9. The number of ether oxygens (including phenoxy) is 2. The summed E-state index contributed by atoms with van der Waals surface area (Å²) in [7, 11) is -4.75. The van der Waals surface area contributed by atoms with Crippen molar-refractivity contribution in [1.82, 2.24) is 4.31 Å². The minimum atomic E-state index is -4.75. The van der Waals surface area contributed by atoms with Crippen molar-refractivity contribution in [1.29, 1.82) is 0 Å². The van der Waals surface area contributed by atoms with Crippen LogP contribution in [0.1, 0.15) is 18.4 Å². The van der Waals surface area contributed by atoms with Gasteiger partial charge in [-0.05, 0) is 6.07 Å². The molecule has 1 saturated heterocycles. The van der Waals surface area contributed by atoms with E-state index in [9.17, 15) is 12.3 Å². The van der Waals surface area contributed by atoms with Crippen LogP contribution in [0.15, 0.2) is 24.3 Å². The first-order chi connectivity index (χ1) is 9.49. The van der Waals surface area contributed by atoms with Gasteiger partial charge in [0.25, 0.3) is 0 Å². The van der Waals surface area contributed by atoms with Gasteiger partial charge in [0.2, 0.25) is 0 Å². The van der Waals surface area contributed by atoms with Gasteiger partial charge in [0.1, 0.15) is 11.4 Å². The van der Waals surface area contributed by atoms with Crippen molar-refractivity contribution in [2.75, 3.05) is 19.8 Å². The maximum atomic E-state index is 13.5. The SMILES string of the molecule is O=S(=O)(F)N1Cc2ccccc2OC2(CCOCC2)C1. The lowest BCUT2D eigenvalue weighted by Gasteiger charge is -2.37. The van der Waals surface area contributed by atoms with Crippen LogP contribution in [-0.2, 0) is 21.7 Å². The van der Waals surface area contributed by atoms with E-state index in [1.807, 2.05) is 6.07 Å². The van der Waals surface area contributed by atoms with Crippen molar-refractivity contribution in [3.8, 4) is 5.75 Å². The van der Waals surface area contributed by atoms with Gasteiger partial charge in [-0.25, -0.2) is 0 Å². The summed E-state index contributed by atoms with van der Waals surface area (Å²) in [6, 6.07) is 7.16. The zero-order valence-corrected chi connectivity index (χ0v) is 11.7. The topological polar surface area (TPSA) is 55.8 Å². The average Bonchev–Trinajstić information content (AvgIpc) is 2.55. The molecule has 20 heavy (non-hydrogen) atoms. The summed E-state index contributed by atoms with van der Waals surface area (Å²) in [6.07, 6.45) is 1.10. The van der Waals surface area contributed by atoms with E-state index in [-0.39, 0.29) is 13.1 Å². The Balaban J connectivity index is 2.02. The third-order valence-electron chi connectivity index (χ3n) is 3.82. The van der Waals surface area contributed by atoms with E-state index in [2.05, 4.69) is 0 Å². The molecule has 1 spiro atoms. The highest BCUT2D eigenvalue weighted by molar-refractivity contribution is 7.83. The van der Waals surface area contributed by atoms with E-state index < -0.39 is 16.0 Å². The molecule has 2 aliphatic heterocycles. The first-order valence-electron chi connectivity index (χ1n) is 6.53. The number of halogens is 1. The lowest BCUT2D eigenvalue weighted by molar-refractivity contribution is -0.0503. The van der Waals surface area contributed by atoms with Crippen molar-refractivity contribution >= 4 is 10.4 Å². The van der Waals surface area contributed by atoms with Crippen molar-refractivity contribution < 1.29 is 21.8 Å². The predicted molar refractivity (Wildman–Crippen MR) is 70.3 cm³/mol. The number of nitrogens with zero attached hydrogens (tertiary/aromatic N) is 1. The Morgan fingerprint density at radius 1 is 1.20 bits per heavy atom. The summed E-state index contributed by atoms with van der Waals surface area (Å²) in [4.78, 5) is 0. The lowest BCUT2D eigenvalue weighted by atomic mass is 9.94. The van der Waals surface area contributed by atoms with Crippen LogP contribution in [0.2, 0.25) is 0 Å². The van der Waals surface area contributed by atoms with Crippen LogP contribution in [0.5, 0.6) is 5.75 Å². The third-order valence-corrected chi connectivity index (χ3v) is 4.70. The van der Waals surface area contributed by atoms with Gasteiger partial charge in [0.15, 0.2) is 0 Å². The Morgan fingerprint density at radius 3 is 2.60 bits per heavy atom. The van der Waals surface area contributed by atoms with Gasteiger partial charge in [-0.3, -0.25) is 0 Å². The van der Waals surface area contributed by atoms with Crippen molar-refractivity contribution in [3.05, 3.63) is 29.8 Å². The monoisotopic (exact) mass is 301 g/mol. The average molecular weight is 301 g/mol. The smallest absolute Gasteiger partial charge is 0.375 e. The van der Waals surface area contributed by atoms with Crippen molar-refractivity contribution in [2.24, 2.45) is 0 Å². The van der Waals surface area contributed by atoms with Gasteiger partial charge in [-0.1, -0.05) is 22.1 Å². The number of fused-ring (bicyclic) bond motifs is 1. The molecule has 0 N–H and O–H groups in total. The van der Waals surface area contributed by atoms with E-state index in [0.29, 0.717) is 37.4 Å². The molecule has 110 valence electrons. The Morgan fingerprint density at radius 2 is 1.90 bits per heavy atom. The molecule has 7 heteroatoms. The fourth-order valence-electron chi connectivity index (χ4n) is 2.72. The second-order valence-electron chi connectivity index (χ2n) is 5.22. The summed E-state index contributed by atoms with van der Waals surface area (Å²) < 4.78 is 48.4. The van der Waals surface area contributed by atoms with Gasteiger partial charge < -0.3 is 9.47 Å². The predicted octanol–water partition coefficient (Wildman–Crippen LogP) is 1.64. The summed E-state index contributed by atoms with van der Waals surface area (Å²) >= 11 is 0. The minimum absolute atomic E-state index is 0.00237. The Kier molecular flexibility index (Phi) is 3.43. The fraction of sp³-hybridized carbons (Fsp3) is 0.538. The van der Waals surface area contributed by atoms with Gasteiger partial charge in [-0.15, -0.1) is 0 Å². The molecular weight excluding hydrogens is 285 g/mol. The standard InChI is InChI=1S/C13H16FNO4S/c14-20(16,17)15-9-11-3-1-2-4-12(11)19-13(10-15)5-7-18-8-6-13/h1-4H,5-10H2. The zero-order chi connectivity index (χ0) is 14.2. The van der Waals surface area contributed by atoms with Crippen LogP contribution in [0.4, 0.5) is 3.89 Å². The Labute approximate surface area is 117 Å². The molecule has 0 unspecified atom stereocenters. The Bertz CT molecular complexity index is 598. The molecule has 5 nitrogen and oxygen atoms in total. The minimum Gasteiger partial charge on any atom is -0.485 e. The second kappa shape index (κ2) is 4.98. The van der Waals surface area contributed by atoms with Crippen LogP contribution in [0.25, 0.3) is 0 Å². The van der Waals surface area contributed by atoms with Gasteiger partial charge in [-0.2, -0.15) is 12.7 Å². The van der Waals surface area contributed by atoms with Crippen LogP contribution in [0, 0.1) is 0 Å². The molecule has 0 aliphatic carbocycles. The Hall–Kier alpha value is -1.18. The highest BCUT2D eigenvalue weighted by Crippen LogP contribution is 2.35. The van der Waals surface area contributed by atoms with Crippen molar-refractivity contribution in [2.45, 2.75) is 25.0 Å². The van der Waals surface area contributed by atoms with E-state index in [4.69, 9.17) is 9.47 Å². The van der Waals surface area contributed by atoms with Gasteiger partial charge >= 0.3 is 10.4 Å². The quantitative estimate of drug-likeness (QED) is 0.740. The van der Waals surface area contributed by atoms with Crippen LogP contribution in [-0.4, -0.2) is 38.1 Å². The van der Waals surface area contributed by atoms with E-state index >= 15 is 0 Å². The molecule has 2 heterocycles. The summed E-state index contributed by atoms with van der Waals surface area (Å²) in [5, 5.41) is 0. The molecule has 0 radical (unpaired) electrons. The normalized spacial score (nSPS) is 22.9. The molecule has 2 aliphatic rings. The number of hydrogen-bond donors (Lipinski definition) is 0. The van der Waals surface area contributed by atoms with E-state index in [0.717, 1.165) is 4.31 Å². The first-order valence-corrected chi connectivity index (χ1v) is 7.87. The molecule has 1 fully saturated rings. The van der Waals surface area contributed by atoms with Gasteiger partial charge in [0.05, 0.1) is 19.8 Å². The molecule has 0 amide bonds.